The van der Waals surface area contributed by atoms with Crippen LogP contribution in [-0.2, 0) is 4.79 Å². The molecule has 1 saturated heterocycles. The summed E-state index contributed by atoms with van der Waals surface area (Å²) in [5.41, 5.74) is 2.64. The number of hydrogen-bond acceptors (Lipinski definition) is 4. The number of ether oxygens (including phenoxy) is 2. The molecule has 1 heterocycles. The first-order valence-corrected chi connectivity index (χ1v) is 10.9. The molecule has 0 aromatic heterocycles. The average molecular weight is 423 g/mol. The minimum absolute atomic E-state index is 0.000907. The Morgan fingerprint density at radius 3 is 2.42 bits per heavy atom. The quantitative estimate of drug-likeness (QED) is 0.743. The highest BCUT2D eigenvalue weighted by molar-refractivity contribution is 5.95. The average Bonchev–Trinajstić information content (AvgIpc) is 3.52. The van der Waals surface area contributed by atoms with Crippen molar-refractivity contribution in [1.29, 1.82) is 0 Å². The zero-order chi connectivity index (χ0) is 22.0. The molecule has 164 valence electrons. The van der Waals surface area contributed by atoms with Gasteiger partial charge in [-0.1, -0.05) is 29.8 Å². The van der Waals surface area contributed by atoms with Crippen molar-refractivity contribution in [2.75, 3.05) is 33.9 Å². The fourth-order valence-corrected chi connectivity index (χ4v) is 4.33. The van der Waals surface area contributed by atoms with E-state index < -0.39 is 0 Å². The Kier molecular flexibility index (Phi) is 6.16. The normalized spacial score (nSPS) is 20.4. The molecular formula is C25H30N2O4. The largest absolute Gasteiger partial charge is 0.493 e. The number of rotatable bonds is 7. The summed E-state index contributed by atoms with van der Waals surface area (Å²) in [6, 6.07) is 13.3. The van der Waals surface area contributed by atoms with Gasteiger partial charge in [-0.25, -0.2) is 0 Å². The molecular weight excluding hydrogens is 392 g/mol. The van der Waals surface area contributed by atoms with Gasteiger partial charge in [0.1, 0.15) is 0 Å². The highest BCUT2D eigenvalue weighted by atomic mass is 16.5. The van der Waals surface area contributed by atoms with Gasteiger partial charge in [0.25, 0.3) is 5.91 Å². The van der Waals surface area contributed by atoms with Crippen molar-refractivity contribution in [1.82, 2.24) is 10.2 Å². The molecule has 1 saturated carbocycles. The first kappa shape index (κ1) is 21.2. The smallest absolute Gasteiger partial charge is 0.253 e. The van der Waals surface area contributed by atoms with Crippen molar-refractivity contribution in [3.05, 3.63) is 59.2 Å². The minimum atomic E-state index is -0.339. The number of nitrogens with zero attached hydrogens (tertiary/aromatic N) is 1. The molecule has 0 spiro atoms. The maximum atomic E-state index is 13.2. The molecule has 2 aromatic rings. The molecule has 2 atom stereocenters. The van der Waals surface area contributed by atoms with E-state index >= 15 is 0 Å². The molecule has 2 amide bonds. The standard InChI is InChI=1S/C25H30N2O4/c1-16-7-11-18(12-8-16)25(29)27-14-20(19-5-4-6-22(30-2)23(19)31-3)21(15-27)24(28)26-13-17-9-10-17/h4-8,11-12,17,20-21H,9-10,13-15H2,1-3H3,(H,26,28)/t20-,21+/m0/s1. The van der Waals surface area contributed by atoms with Crippen LogP contribution >= 0.6 is 0 Å². The zero-order valence-corrected chi connectivity index (χ0v) is 18.4. The Labute approximate surface area is 183 Å². The molecule has 4 rings (SSSR count). The zero-order valence-electron chi connectivity index (χ0n) is 18.4. The topological polar surface area (TPSA) is 67.9 Å². The van der Waals surface area contributed by atoms with Gasteiger partial charge >= 0.3 is 0 Å². The molecule has 0 unspecified atom stereocenters. The van der Waals surface area contributed by atoms with E-state index in [1.165, 1.54) is 12.8 Å². The molecule has 2 aromatic carbocycles. The van der Waals surface area contributed by atoms with Crippen LogP contribution in [0.1, 0.15) is 40.2 Å². The molecule has 1 aliphatic carbocycles. The van der Waals surface area contributed by atoms with Crippen molar-refractivity contribution in [2.45, 2.75) is 25.7 Å². The van der Waals surface area contributed by atoms with Gasteiger partial charge in [-0.15, -0.1) is 0 Å². The summed E-state index contributed by atoms with van der Waals surface area (Å²) in [4.78, 5) is 28.1. The number of carbonyl (C=O) groups excluding carboxylic acids is 2. The van der Waals surface area contributed by atoms with Crippen LogP contribution in [0.15, 0.2) is 42.5 Å². The van der Waals surface area contributed by atoms with E-state index in [0.29, 0.717) is 42.6 Å². The Balaban J connectivity index is 1.62. The van der Waals surface area contributed by atoms with Crippen molar-refractivity contribution in [3.8, 4) is 11.5 Å². The van der Waals surface area contributed by atoms with Gasteiger partial charge < -0.3 is 19.7 Å². The Hall–Kier alpha value is -3.02. The van der Waals surface area contributed by atoms with E-state index in [1.807, 2.05) is 49.4 Å². The van der Waals surface area contributed by atoms with Crippen LogP contribution in [0.5, 0.6) is 11.5 Å². The number of amides is 2. The lowest BCUT2D eigenvalue weighted by Gasteiger charge is -2.21. The Bertz CT molecular complexity index is 952. The van der Waals surface area contributed by atoms with Gasteiger partial charge in [0.15, 0.2) is 11.5 Å². The number of hydrogen-bond donors (Lipinski definition) is 1. The second-order valence-corrected chi connectivity index (χ2v) is 8.56. The third-order valence-electron chi connectivity index (χ3n) is 6.34. The van der Waals surface area contributed by atoms with E-state index in [0.717, 1.165) is 11.1 Å². The number of aryl methyl sites for hydroxylation is 1. The van der Waals surface area contributed by atoms with Crippen LogP contribution in [0, 0.1) is 18.8 Å². The van der Waals surface area contributed by atoms with Crippen LogP contribution in [0.25, 0.3) is 0 Å². The summed E-state index contributed by atoms with van der Waals surface area (Å²) in [5, 5.41) is 3.11. The van der Waals surface area contributed by atoms with E-state index in [1.54, 1.807) is 19.1 Å². The summed E-state index contributed by atoms with van der Waals surface area (Å²) >= 11 is 0. The van der Waals surface area contributed by atoms with E-state index in [9.17, 15) is 9.59 Å². The predicted molar refractivity (Wildman–Crippen MR) is 119 cm³/mol. The highest BCUT2D eigenvalue weighted by Crippen LogP contribution is 2.42. The minimum Gasteiger partial charge on any atom is -0.493 e. The van der Waals surface area contributed by atoms with Crippen LogP contribution < -0.4 is 14.8 Å². The van der Waals surface area contributed by atoms with E-state index in [-0.39, 0.29) is 23.7 Å². The summed E-state index contributed by atoms with van der Waals surface area (Å²) in [6.45, 7) is 3.55. The lowest BCUT2D eigenvalue weighted by molar-refractivity contribution is -0.125. The highest BCUT2D eigenvalue weighted by Gasteiger charge is 2.42. The third-order valence-corrected chi connectivity index (χ3v) is 6.34. The van der Waals surface area contributed by atoms with Crippen molar-refractivity contribution < 1.29 is 19.1 Å². The molecule has 0 radical (unpaired) electrons. The first-order valence-electron chi connectivity index (χ1n) is 10.9. The van der Waals surface area contributed by atoms with Gasteiger partial charge in [-0.3, -0.25) is 9.59 Å². The van der Waals surface area contributed by atoms with Crippen molar-refractivity contribution in [2.24, 2.45) is 11.8 Å². The number of likely N-dealkylation sites (tertiary alicyclic amines) is 1. The number of methoxy groups -OCH3 is 2. The van der Waals surface area contributed by atoms with Gasteiger partial charge in [-0.05, 0) is 43.9 Å². The number of nitrogens with one attached hydrogen (secondary N) is 1. The van der Waals surface area contributed by atoms with Gasteiger partial charge in [-0.2, -0.15) is 0 Å². The molecule has 31 heavy (non-hydrogen) atoms. The summed E-state index contributed by atoms with van der Waals surface area (Å²) in [7, 11) is 3.21. The summed E-state index contributed by atoms with van der Waals surface area (Å²) in [6.07, 6.45) is 2.35. The SMILES string of the molecule is COc1cccc([C@@H]2CN(C(=O)c3ccc(C)cc3)C[C@H]2C(=O)NCC2CC2)c1OC. The van der Waals surface area contributed by atoms with Crippen LogP contribution in [0.2, 0.25) is 0 Å². The second kappa shape index (κ2) is 9.00. The van der Waals surface area contributed by atoms with Crippen molar-refractivity contribution in [3.63, 3.8) is 0 Å². The monoisotopic (exact) mass is 422 g/mol. The third kappa shape index (κ3) is 4.53. The van der Waals surface area contributed by atoms with E-state index in [4.69, 9.17) is 9.47 Å². The molecule has 6 heteroatoms. The lowest BCUT2D eigenvalue weighted by Crippen LogP contribution is -2.36. The Morgan fingerprint density at radius 2 is 1.77 bits per heavy atom. The Morgan fingerprint density at radius 1 is 1.03 bits per heavy atom. The summed E-state index contributed by atoms with van der Waals surface area (Å²) < 4.78 is 11.1. The number of para-hydroxylation sites is 1. The molecule has 2 fully saturated rings. The fraction of sp³-hybridized carbons (Fsp3) is 0.440. The molecule has 2 aliphatic rings. The second-order valence-electron chi connectivity index (χ2n) is 8.56. The van der Waals surface area contributed by atoms with Crippen LogP contribution in [-0.4, -0.2) is 50.6 Å². The van der Waals surface area contributed by atoms with Crippen LogP contribution in [0.3, 0.4) is 0 Å². The fourth-order valence-electron chi connectivity index (χ4n) is 4.33. The molecule has 0 bridgehead atoms. The molecule has 6 nitrogen and oxygen atoms in total. The lowest BCUT2D eigenvalue weighted by atomic mass is 9.87. The predicted octanol–water partition coefficient (Wildman–Crippen LogP) is 3.39. The van der Waals surface area contributed by atoms with Gasteiger partial charge in [0.05, 0.1) is 20.1 Å². The first-order chi connectivity index (χ1) is 15.0. The van der Waals surface area contributed by atoms with Gasteiger partial charge in [0, 0.05) is 36.7 Å². The van der Waals surface area contributed by atoms with Crippen molar-refractivity contribution >= 4 is 11.8 Å². The molecule has 1 N–H and O–H groups in total. The number of benzene rings is 2. The molecule has 1 aliphatic heterocycles. The maximum Gasteiger partial charge on any atom is 0.253 e. The number of carbonyl (C=O) groups is 2. The maximum absolute atomic E-state index is 13.2. The van der Waals surface area contributed by atoms with E-state index in [2.05, 4.69) is 5.32 Å². The van der Waals surface area contributed by atoms with Gasteiger partial charge in [0.2, 0.25) is 5.91 Å². The summed E-state index contributed by atoms with van der Waals surface area (Å²) in [5.74, 6) is 1.29. The van der Waals surface area contributed by atoms with Crippen LogP contribution in [0.4, 0.5) is 0 Å².